The van der Waals surface area contributed by atoms with E-state index in [1.54, 1.807) is 23.0 Å². The molecule has 0 fully saturated rings. The quantitative estimate of drug-likeness (QED) is 0.293. The van der Waals surface area contributed by atoms with Crippen molar-refractivity contribution in [2.24, 2.45) is 5.41 Å². The average molecular weight is 521 g/mol. The maximum absolute atomic E-state index is 13.7. The summed E-state index contributed by atoms with van der Waals surface area (Å²) < 4.78 is 25.0. The zero-order valence-corrected chi connectivity index (χ0v) is 22.7. The van der Waals surface area contributed by atoms with Crippen LogP contribution in [0.2, 0.25) is 5.02 Å². The Morgan fingerprint density at radius 2 is 1.92 bits per heavy atom. The van der Waals surface area contributed by atoms with E-state index in [9.17, 15) is 11.0 Å². The van der Waals surface area contributed by atoms with Gasteiger partial charge in [-0.25, -0.2) is 9.67 Å². The zero-order valence-electron chi connectivity index (χ0n) is 22.9. The maximum atomic E-state index is 13.7. The molecule has 4 aromatic rings. The number of nitrogens with zero attached hydrogens (tertiary/aromatic N) is 6. The molecule has 1 N–H and O–H groups in total. The van der Waals surface area contributed by atoms with Crippen molar-refractivity contribution in [3.05, 3.63) is 76.2 Å². The Morgan fingerprint density at radius 1 is 1.16 bits per heavy atom. The van der Waals surface area contributed by atoms with Gasteiger partial charge in [-0.2, -0.15) is 9.65 Å². The summed E-state index contributed by atoms with van der Waals surface area (Å²) in [7, 11) is 0. The minimum Gasteiger partial charge on any atom is -0.383 e. The first kappa shape index (κ1) is 25.1. The van der Waals surface area contributed by atoms with Gasteiger partial charge in [-0.1, -0.05) is 43.7 Å². The van der Waals surface area contributed by atoms with Gasteiger partial charge in [0.25, 0.3) is 0 Å². The fraction of sp³-hybridized carbons (Fsp3) is 0.393. The molecule has 37 heavy (non-hydrogen) atoms. The van der Waals surface area contributed by atoms with Crippen molar-refractivity contribution in [2.45, 2.75) is 59.4 Å². The number of anilines is 1. The Hall–Kier alpha value is -3.57. The highest BCUT2D eigenvalue weighted by atomic mass is 35.5. The molecule has 0 aliphatic carbocycles. The highest BCUT2D eigenvalue weighted by Gasteiger charge is 2.24. The molecule has 0 aliphatic rings. The summed E-state index contributed by atoms with van der Waals surface area (Å²) in [6.07, 6.45) is 4.76. The van der Waals surface area contributed by atoms with Crippen LogP contribution in [0, 0.1) is 22.7 Å². The lowest BCUT2D eigenvalue weighted by Crippen LogP contribution is -2.22. The minimum absolute atomic E-state index is 0.0332. The van der Waals surface area contributed by atoms with E-state index in [1.807, 2.05) is 26.8 Å². The van der Waals surface area contributed by atoms with E-state index >= 15 is 0 Å². The van der Waals surface area contributed by atoms with Crippen molar-refractivity contribution in [2.75, 3.05) is 11.9 Å². The summed E-state index contributed by atoms with van der Waals surface area (Å²) >= 11 is 6.70. The van der Waals surface area contributed by atoms with E-state index in [-0.39, 0.29) is 17.4 Å². The Balaban J connectivity index is 1.87. The third-order valence-electron chi connectivity index (χ3n) is 5.85. The zero-order chi connectivity index (χ0) is 27.9. The highest BCUT2D eigenvalue weighted by Crippen LogP contribution is 2.35. The fourth-order valence-corrected chi connectivity index (χ4v) is 4.17. The van der Waals surface area contributed by atoms with Gasteiger partial charge in [0, 0.05) is 37.8 Å². The number of aromatic nitrogens is 5. The molecule has 0 spiro atoms. The monoisotopic (exact) mass is 520 g/mol. The van der Waals surface area contributed by atoms with Crippen LogP contribution in [0.3, 0.4) is 0 Å². The number of benzene rings is 1. The number of nitriles is 1. The number of halogens is 2. The average Bonchev–Trinajstić information content (AvgIpc) is 3.34. The summed E-state index contributed by atoms with van der Waals surface area (Å²) in [6, 6.07) is 8.66. The molecule has 4 rings (SSSR count). The second-order valence-electron chi connectivity index (χ2n) is 11.3. The van der Waals surface area contributed by atoms with Crippen LogP contribution in [-0.2, 0) is 12.0 Å². The Kier molecular flexibility index (Phi) is 6.82. The molecule has 0 radical (unpaired) electrons. The number of hydrogen-bond donors (Lipinski definition) is 1. The second kappa shape index (κ2) is 10.1. The molecule has 0 saturated heterocycles. The third kappa shape index (κ3) is 6.05. The smallest absolute Gasteiger partial charge is 0.212 e. The van der Waals surface area contributed by atoms with Crippen LogP contribution >= 0.6 is 11.6 Å². The van der Waals surface area contributed by atoms with E-state index in [4.69, 9.17) is 11.6 Å². The Labute approximate surface area is 223 Å². The van der Waals surface area contributed by atoms with E-state index in [0.29, 0.717) is 45.0 Å². The molecule has 0 aliphatic heterocycles. The number of nitrogens with one attached hydrogen (secondary N) is 1. The first-order chi connectivity index (χ1) is 17.7. The van der Waals surface area contributed by atoms with Crippen LogP contribution in [-0.4, -0.2) is 31.5 Å². The lowest BCUT2D eigenvalue weighted by molar-refractivity contribution is 0.347. The molecule has 3 heterocycles. The van der Waals surface area contributed by atoms with Crippen molar-refractivity contribution in [3.63, 3.8) is 0 Å². The number of pyridine rings is 2. The maximum Gasteiger partial charge on any atom is 0.212 e. The molecule has 0 saturated carbocycles. The van der Waals surface area contributed by atoms with Crippen molar-refractivity contribution < 1.29 is 5.76 Å². The van der Waals surface area contributed by atoms with Crippen LogP contribution in [0.15, 0.2) is 42.9 Å². The van der Waals surface area contributed by atoms with Gasteiger partial charge in [0.05, 0.1) is 33.0 Å². The van der Waals surface area contributed by atoms with Crippen molar-refractivity contribution in [1.82, 2.24) is 25.0 Å². The van der Waals surface area contributed by atoms with Crippen LogP contribution in [0.4, 0.5) is 10.1 Å². The molecule has 1 aromatic carbocycles. The first-order valence-corrected chi connectivity index (χ1v) is 12.4. The van der Waals surface area contributed by atoms with Gasteiger partial charge in [0.2, 0.25) is 5.95 Å². The number of rotatable bonds is 6. The molecule has 9 heteroatoms. The highest BCUT2D eigenvalue weighted by molar-refractivity contribution is 6.35. The van der Waals surface area contributed by atoms with Gasteiger partial charge < -0.3 is 5.32 Å². The van der Waals surface area contributed by atoms with Crippen molar-refractivity contribution in [3.8, 4) is 6.07 Å². The van der Waals surface area contributed by atoms with Gasteiger partial charge in [-0.15, -0.1) is 5.10 Å². The summed E-state index contributed by atoms with van der Waals surface area (Å²) in [5.41, 5.74) is 2.82. The first-order valence-electron chi connectivity index (χ1n) is 12.5. The molecule has 0 bridgehead atoms. The Bertz CT molecular complexity index is 1510. The summed E-state index contributed by atoms with van der Waals surface area (Å²) in [4.78, 5) is 8.23. The van der Waals surface area contributed by atoms with E-state index in [0.717, 1.165) is 5.56 Å². The third-order valence-corrected chi connectivity index (χ3v) is 6.14. The molecule has 7 nitrogen and oxygen atoms in total. The molecular weight excluding hydrogens is 489 g/mol. The predicted molar refractivity (Wildman–Crippen MR) is 144 cm³/mol. The van der Waals surface area contributed by atoms with Gasteiger partial charge in [-0.3, -0.25) is 4.98 Å². The Morgan fingerprint density at radius 3 is 2.51 bits per heavy atom. The van der Waals surface area contributed by atoms with Crippen LogP contribution in [0.25, 0.3) is 10.9 Å². The van der Waals surface area contributed by atoms with Crippen molar-refractivity contribution in [1.29, 1.82) is 5.26 Å². The SMILES string of the molecule is [2H][C@](Cc1cc(Cl)c2ncc(C#N)c(NCC(C)(C)C)c2c1)(c1ccc(F)nc1)c1cn(C(C)(C)C)nn1. The minimum atomic E-state index is -1.44. The van der Waals surface area contributed by atoms with Gasteiger partial charge in [0.1, 0.15) is 6.07 Å². The molecule has 0 amide bonds. The lowest BCUT2D eigenvalue weighted by atomic mass is 9.89. The number of fused-ring (bicyclic) bond motifs is 1. The fourth-order valence-electron chi connectivity index (χ4n) is 3.88. The van der Waals surface area contributed by atoms with Crippen LogP contribution < -0.4 is 5.32 Å². The van der Waals surface area contributed by atoms with Gasteiger partial charge in [-0.05, 0) is 61.9 Å². The lowest BCUT2D eigenvalue weighted by Gasteiger charge is -2.22. The van der Waals surface area contributed by atoms with Gasteiger partial charge in [0.15, 0.2) is 0 Å². The standard InChI is InChI=1S/C28H31ClFN7/c1-27(2,3)16-34-25-19(12-31)14-33-26-21(25)10-17(11-22(26)29)9-20(18-7-8-24(30)32-13-18)23-15-37(36-35-23)28(4,5)6/h7-8,10-11,13-15,20H,9,16H2,1-6H3,(H,33,34)/t20-/m0/s1/i20D. The molecule has 192 valence electrons. The number of hydrogen-bond acceptors (Lipinski definition) is 6. The van der Waals surface area contributed by atoms with Crippen molar-refractivity contribution >= 4 is 28.2 Å². The molecule has 0 unspecified atom stereocenters. The van der Waals surface area contributed by atoms with Gasteiger partial charge >= 0.3 is 0 Å². The van der Waals surface area contributed by atoms with E-state index in [1.165, 1.54) is 18.5 Å². The topological polar surface area (TPSA) is 92.3 Å². The molecule has 3 aromatic heterocycles. The summed E-state index contributed by atoms with van der Waals surface area (Å²) in [5, 5.41) is 22.9. The molecular formula is C28H31ClFN7. The van der Waals surface area contributed by atoms with Crippen LogP contribution in [0.5, 0.6) is 0 Å². The van der Waals surface area contributed by atoms with Crippen LogP contribution in [0.1, 0.15) is 71.2 Å². The molecule has 1 atom stereocenters. The predicted octanol–water partition coefficient (Wildman–Crippen LogP) is 6.47. The van der Waals surface area contributed by atoms with E-state index in [2.05, 4.69) is 52.4 Å². The largest absolute Gasteiger partial charge is 0.383 e. The second-order valence-corrected chi connectivity index (χ2v) is 11.7. The van der Waals surface area contributed by atoms with E-state index < -0.39 is 11.8 Å². The summed E-state index contributed by atoms with van der Waals surface area (Å²) in [5.74, 6) is -2.08. The summed E-state index contributed by atoms with van der Waals surface area (Å²) in [6.45, 7) is 12.9. The normalized spacial score (nSPS) is 14.2.